The van der Waals surface area contributed by atoms with E-state index in [1.165, 1.54) is 0 Å². The van der Waals surface area contributed by atoms with Gasteiger partial charge < -0.3 is 9.52 Å². The maximum Gasteiger partial charge on any atom is 0.336 e. The summed E-state index contributed by atoms with van der Waals surface area (Å²) in [7, 11) is 0. The number of phenols is 1. The number of nitro groups is 2. The highest BCUT2D eigenvalue weighted by molar-refractivity contribution is 5.94. The van der Waals surface area contributed by atoms with E-state index in [4.69, 9.17) is 0 Å². The van der Waals surface area contributed by atoms with Crippen LogP contribution in [0.2, 0.25) is 0 Å². The third-order valence-corrected chi connectivity index (χ3v) is 2.23. The zero-order valence-electron chi connectivity index (χ0n) is 8.52. The molecule has 2 rings (SSSR count). The Morgan fingerprint density at radius 1 is 1.11 bits per heavy atom. The van der Waals surface area contributed by atoms with Crippen LogP contribution in [0.5, 0.6) is 5.75 Å². The molecule has 1 aromatic carbocycles. The number of non-ortho nitro benzene ring substituents is 1. The van der Waals surface area contributed by atoms with Gasteiger partial charge in [-0.2, -0.15) is 0 Å². The molecule has 0 atom stereocenters. The van der Waals surface area contributed by atoms with Gasteiger partial charge in [-0.05, 0) is 6.07 Å². The second-order valence-corrected chi connectivity index (χ2v) is 3.27. The zero-order chi connectivity index (χ0) is 13.4. The third kappa shape index (κ3) is 1.63. The van der Waals surface area contributed by atoms with Gasteiger partial charge in [0.05, 0.1) is 21.3 Å². The lowest BCUT2D eigenvalue weighted by atomic mass is 10.1. The van der Waals surface area contributed by atoms with Gasteiger partial charge in [0.15, 0.2) is 5.58 Å². The largest absolute Gasteiger partial charge is 0.499 e. The van der Waals surface area contributed by atoms with Crippen LogP contribution in [0.1, 0.15) is 0 Å². The lowest BCUT2D eigenvalue weighted by molar-refractivity contribution is -0.393. The average Bonchev–Trinajstić information content (AvgIpc) is 2.29. The molecule has 0 amide bonds. The molecule has 9 nitrogen and oxygen atoms in total. The van der Waals surface area contributed by atoms with Crippen molar-refractivity contribution >= 4 is 22.3 Å². The summed E-state index contributed by atoms with van der Waals surface area (Å²) >= 11 is 0. The number of fused-ring (bicyclic) bond motifs is 1. The minimum absolute atomic E-state index is 0.192. The van der Waals surface area contributed by atoms with Crippen molar-refractivity contribution in [2.45, 2.75) is 0 Å². The van der Waals surface area contributed by atoms with Crippen LogP contribution in [-0.4, -0.2) is 15.0 Å². The third-order valence-electron chi connectivity index (χ3n) is 2.23. The molecular weight excluding hydrogens is 248 g/mol. The van der Waals surface area contributed by atoms with Crippen molar-refractivity contribution in [1.29, 1.82) is 0 Å². The molecule has 0 saturated carbocycles. The minimum Gasteiger partial charge on any atom is -0.499 e. The van der Waals surface area contributed by atoms with Crippen molar-refractivity contribution in [1.82, 2.24) is 0 Å². The van der Waals surface area contributed by atoms with Gasteiger partial charge in [0.25, 0.3) is 5.69 Å². The molecule has 0 aliphatic heterocycles. The number of aromatic hydroxyl groups is 1. The second-order valence-electron chi connectivity index (χ2n) is 3.27. The smallest absolute Gasteiger partial charge is 0.336 e. The maximum absolute atomic E-state index is 11.0. The van der Waals surface area contributed by atoms with Crippen molar-refractivity contribution in [3.05, 3.63) is 48.8 Å². The highest BCUT2D eigenvalue weighted by Gasteiger charge is 2.27. The molecule has 0 fully saturated rings. The van der Waals surface area contributed by atoms with Crippen LogP contribution in [0.3, 0.4) is 0 Å². The first-order chi connectivity index (χ1) is 8.41. The van der Waals surface area contributed by atoms with E-state index in [-0.39, 0.29) is 5.39 Å². The Hall–Kier alpha value is -2.97. The molecule has 0 bridgehead atoms. The normalized spacial score (nSPS) is 10.4. The van der Waals surface area contributed by atoms with Gasteiger partial charge in [0.1, 0.15) is 0 Å². The Morgan fingerprint density at radius 2 is 1.72 bits per heavy atom. The molecular formula is C9H4N2O7. The number of rotatable bonds is 2. The number of hydrogen-bond donors (Lipinski definition) is 1. The standard InChI is InChI=1S/C9H4N2O7/c12-7-2-1-4-5(10(14)15)3-6(11(16)17)8(13)9(4)18-7/h1-3,13H. The molecule has 0 aliphatic rings. The van der Waals surface area contributed by atoms with Gasteiger partial charge in [-0.15, -0.1) is 0 Å². The van der Waals surface area contributed by atoms with E-state index < -0.39 is 38.2 Å². The molecule has 0 spiro atoms. The first-order valence-electron chi connectivity index (χ1n) is 4.50. The molecule has 1 N–H and O–H groups in total. The summed E-state index contributed by atoms with van der Waals surface area (Å²) in [5.74, 6) is -0.918. The summed E-state index contributed by atoms with van der Waals surface area (Å²) in [5.41, 5.74) is -2.99. The Balaban J connectivity index is 3.01. The fourth-order valence-corrected chi connectivity index (χ4v) is 1.48. The number of nitrogens with zero attached hydrogens (tertiary/aromatic N) is 2. The molecule has 18 heavy (non-hydrogen) atoms. The molecule has 1 aromatic heterocycles. The van der Waals surface area contributed by atoms with Crippen molar-refractivity contribution in [3.63, 3.8) is 0 Å². The molecule has 2 aromatic rings. The lowest BCUT2D eigenvalue weighted by Gasteiger charge is -2.01. The predicted molar refractivity (Wildman–Crippen MR) is 57.5 cm³/mol. The van der Waals surface area contributed by atoms with Gasteiger partial charge in [-0.3, -0.25) is 20.2 Å². The van der Waals surface area contributed by atoms with Gasteiger partial charge in [0, 0.05) is 6.07 Å². The fraction of sp³-hybridized carbons (Fsp3) is 0. The Kier molecular flexibility index (Phi) is 2.43. The summed E-state index contributed by atoms with van der Waals surface area (Å²) in [6.45, 7) is 0. The predicted octanol–water partition coefficient (Wildman–Crippen LogP) is 1.31. The second kappa shape index (κ2) is 3.80. The van der Waals surface area contributed by atoms with Crippen LogP contribution in [0, 0.1) is 20.2 Å². The number of phenolic OH excluding ortho intramolecular Hbond substituents is 1. The number of nitro benzene ring substituents is 2. The van der Waals surface area contributed by atoms with Crippen molar-refractivity contribution in [2.24, 2.45) is 0 Å². The van der Waals surface area contributed by atoms with E-state index in [0.29, 0.717) is 6.07 Å². The summed E-state index contributed by atoms with van der Waals surface area (Å²) in [5, 5.41) is 30.8. The van der Waals surface area contributed by atoms with E-state index in [2.05, 4.69) is 4.42 Å². The quantitative estimate of drug-likeness (QED) is 0.483. The average molecular weight is 252 g/mol. The van der Waals surface area contributed by atoms with Crippen molar-refractivity contribution in [3.8, 4) is 5.75 Å². The van der Waals surface area contributed by atoms with Crippen LogP contribution in [-0.2, 0) is 0 Å². The topological polar surface area (TPSA) is 137 Å². The molecule has 1 heterocycles. The van der Waals surface area contributed by atoms with Crippen LogP contribution >= 0.6 is 0 Å². The summed E-state index contributed by atoms with van der Waals surface area (Å²) in [6, 6.07) is 2.58. The van der Waals surface area contributed by atoms with E-state index >= 15 is 0 Å². The van der Waals surface area contributed by atoms with Crippen LogP contribution in [0.4, 0.5) is 11.4 Å². The van der Waals surface area contributed by atoms with Crippen molar-refractivity contribution < 1.29 is 19.4 Å². The molecule has 9 heteroatoms. The van der Waals surface area contributed by atoms with Crippen LogP contribution < -0.4 is 5.63 Å². The Bertz CT molecular complexity index is 734. The highest BCUT2D eigenvalue weighted by atomic mass is 16.6. The molecule has 0 aliphatic carbocycles. The van der Waals surface area contributed by atoms with Gasteiger partial charge in [-0.1, -0.05) is 0 Å². The zero-order valence-corrected chi connectivity index (χ0v) is 8.52. The Labute approximate surface area is 97.2 Å². The first kappa shape index (κ1) is 11.5. The fourth-order valence-electron chi connectivity index (χ4n) is 1.48. The first-order valence-corrected chi connectivity index (χ1v) is 4.50. The molecule has 92 valence electrons. The summed E-state index contributed by atoms with van der Waals surface area (Å²) in [4.78, 5) is 30.5. The highest BCUT2D eigenvalue weighted by Crippen LogP contribution is 2.39. The minimum atomic E-state index is -1.01. The molecule has 0 saturated heterocycles. The molecule has 0 radical (unpaired) electrons. The summed E-state index contributed by atoms with van der Waals surface area (Å²) in [6.07, 6.45) is 0. The van der Waals surface area contributed by atoms with Crippen LogP contribution in [0.15, 0.2) is 27.4 Å². The lowest BCUT2D eigenvalue weighted by Crippen LogP contribution is -1.99. The monoisotopic (exact) mass is 252 g/mol. The number of benzene rings is 1. The van der Waals surface area contributed by atoms with E-state index in [0.717, 1.165) is 12.1 Å². The maximum atomic E-state index is 11.0. The van der Waals surface area contributed by atoms with Gasteiger partial charge in [0.2, 0.25) is 5.75 Å². The van der Waals surface area contributed by atoms with Gasteiger partial charge >= 0.3 is 11.3 Å². The van der Waals surface area contributed by atoms with Gasteiger partial charge in [-0.25, -0.2) is 4.79 Å². The molecule has 0 unspecified atom stereocenters. The van der Waals surface area contributed by atoms with Crippen molar-refractivity contribution in [2.75, 3.05) is 0 Å². The van der Waals surface area contributed by atoms with E-state index in [1.807, 2.05) is 0 Å². The van der Waals surface area contributed by atoms with E-state index in [9.17, 15) is 30.1 Å². The van der Waals surface area contributed by atoms with E-state index in [1.54, 1.807) is 0 Å². The summed E-state index contributed by atoms with van der Waals surface area (Å²) < 4.78 is 4.56. The SMILES string of the molecule is O=c1ccc2c([N+](=O)[O-])cc([N+](=O)[O-])c(O)c2o1. The van der Waals surface area contributed by atoms with Crippen LogP contribution in [0.25, 0.3) is 11.0 Å². The number of hydrogen-bond acceptors (Lipinski definition) is 7. The Morgan fingerprint density at radius 3 is 2.28 bits per heavy atom.